The average Bonchev–Trinajstić information content (AvgIpc) is 2.87. The average molecular weight is 303 g/mol. The van der Waals surface area contributed by atoms with E-state index in [0.717, 1.165) is 6.42 Å². The third-order valence-electron chi connectivity index (χ3n) is 3.24. The number of hydrogen-bond acceptors (Lipinski definition) is 5. The van der Waals surface area contributed by atoms with Gasteiger partial charge in [0.05, 0.1) is 6.54 Å². The zero-order valence-electron chi connectivity index (χ0n) is 11.5. The van der Waals surface area contributed by atoms with E-state index in [4.69, 9.17) is 5.11 Å². The highest BCUT2D eigenvalue weighted by Crippen LogP contribution is 2.17. The number of likely N-dealkylation sites (N-methyl/N-ethyl adjacent to an activating group) is 1. The lowest BCUT2D eigenvalue weighted by molar-refractivity contribution is -0.143. The van der Waals surface area contributed by atoms with Crippen molar-refractivity contribution < 1.29 is 19.5 Å². The van der Waals surface area contributed by atoms with Gasteiger partial charge in [-0.15, -0.1) is 0 Å². The van der Waals surface area contributed by atoms with Crippen LogP contribution in [0, 0.1) is 0 Å². The zero-order chi connectivity index (χ0) is 15.1. The molecule has 0 saturated carbocycles. The van der Waals surface area contributed by atoms with Gasteiger partial charge in [-0.25, -0.2) is 4.79 Å². The van der Waals surface area contributed by atoms with Crippen molar-refractivity contribution in [3.8, 4) is 0 Å². The van der Waals surface area contributed by atoms with Crippen molar-refractivity contribution in [1.82, 2.24) is 15.5 Å². The molecule has 1 rings (SSSR count). The highest BCUT2D eigenvalue weighted by atomic mass is 32.1. The van der Waals surface area contributed by atoms with Crippen LogP contribution in [0.15, 0.2) is 0 Å². The van der Waals surface area contributed by atoms with E-state index in [1.165, 1.54) is 4.90 Å². The summed E-state index contributed by atoms with van der Waals surface area (Å²) >= 11 is 3.98. The predicted octanol–water partition coefficient (Wildman–Crippen LogP) is -0.914. The maximum absolute atomic E-state index is 12.1. The fraction of sp³-hybridized carbons (Fsp3) is 0.750. The molecule has 3 N–H and O–H groups in total. The number of carbonyl (C=O) groups excluding carboxylic acids is 2. The van der Waals surface area contributed by atoms with E-state index >= 15 is 0 Å². The first-order valence-electron chi connectivity index (χ1n) is 6.59. The molecule has 1 aliphatic heterocycles. The Morgan fingerprint density at radius 1 is 1.45 bits per heavy atom. The Labute approximate surface area is 123 Å². The van der Waals surface area contributed by atoms with Crippen LogP contribution in [-0.2, 0) is 14.4 Å². The zero-order valence-corrected chi connectivity index (χ0v) is 12.4. The Morgan fingerprint density at radius 2 is 2.15 bits per heavy atom. The molecule has 0 aromatic heterocycles. The summed E-state index contributed by atoms with van der Waals surface area (Å²) in [5.41, 5.74) is 0. The van der Waals surface area contributed by atoms with Crippen LogP contribution < -0.4 is 10.6 Å². The summed E-state index contributed by atoms with van der Waals surface area (Å²) in [6.07, 6.45) is 1.56. The molecule has 1 aliphatic rings. The topological polar surface area (TPSA) is 98.7 Å². The van der Waals surface area contributed by atoms with Crippen LogP contribution in [0.5, 0.6) is 0 Å². The highest BCUT2D eigenvalue weighted by molar-refractivity contribution is 7.80. The van der Waals surface area contributed by atoms with Gasteiger partial charge in [-0.3, -0.25) is 9.59 Å². The van der Waals surface area contributed by atoms with Gasteiger partial charge in [0.2, 0.25) is 11.8 Å². The summed E-state index contributed by atoms with van der Waals surface area (Å²) in [4.78, 5) is 36.5. The number of carboxylic acids is 1. The summed E-state index contributed by atoms with van der Waals surface area (Å²) in [7, 11) is 1.66. The van der Waals surface area contributed by atoms with Crippen molar-refractivity contribution in [2.45, 2.75) is 31.3 Å². The molecule has 0 radical (unpaired) electrons. The third-order valence-corrected chi connectivity index (χ3v) is 3.49. The van der Waals surface area contributed by atoms with Crippen molar-refractivity contribution in [3.05, 3.63) is 0 Å². The minimum absolute atomic E-state index is 0.147. The van der Waals surface area contributed by atoms with Crippen molar-refractivity contribution in [2.24, 2.45) is 0 Å². The molecule has 0 aliphatic carbocycles. The van der Waals surface area contributed by atoms with Gasteiger partial charge in [0.15, 0.2) is 0 Å². The molecule has 1 fully saturated rings. The van der Waals surface area contributed by atoms with Crippen molar-refractivity contribution >= 4 is 30.4 Å². The van der Waals surface area contributed by atoms with Crippen LogP contribution in [-0.4, -0.2) is 65.8 Å². The van der Waals surface area contributed by atoms with Gasteiger partial charge in [-0.1, -0.05) is 0 Å². The maximum atomic E-state index is 12.1. The first-order chi connectivity index (χ1) is 9.51. The summed E-state index contributed by atoms with van der Waals surface area (Å²) in [5, 5.41) is 14.3. The number of thiol groups is 1. The van der Waals surface area contributed by atoms with E-state index in [-0.39, 0.29) is 18.9 Å². The normalized spacial score (nSPS) is 19.7. The number of aliphatic carboxylic acids is 1. The lowest BCUT2D eigenvalue weighted by Gasteiger charge is -2.25. The predicted molar refractivity (Wildman–Crippen MR) is 76.7 cm³/mol. The Kier molecular flexibility index (Phi) is 6.80. The van der Waals surface area contributed by atoms with E-state index in [0.29, 0.717) is 18.7 Å². The number of likely N-dealkylation sites (tertiary alicyclic amines) is 1. The Balaban J connectivity index is 2.65. The molecule has 0 bridgehead atoms. The molecular formula is C12H21N3O4S. The second-order valence-electron chi connectivity index (χ2n) is 4.69. The van der Waals surface area contributed by atoms with Gasteiger partial charge < -0.3 is 20.6 Å². The number of carboxylic acid groups (broad SMARTS) is 1. The second-order valence-corrected chi connectivity index (χ2v) is 5.13. The van der Waals surface area contributed by atoms with Crippen LogP contribution in [0.25, 0.3) is 0 Å². The quantitative estimate of drug-likeness (QED) is 0.456. The van der Waals surface area contributed by atoms with Crippen molar-refractivity contribution in [2.75, 3.05) is 25.9 Å². The van der Waals surface area contributed by atoms with Crippen molar-refractivity contribution in [3.63, 3.8) is 0 Å². The molecule has 0 aromatic rings. The SMILES string of the molecule is CNCC(=O)N1CCC[C@H]1C(=O)N[C@@H](CCS)C(=O)O. The third kappa shape index (κ3) is 4.38. The lowest BCUT2D eigenvalue weighted by Crippen LogP contribution is -2.52. The molecule has 1 saturated heterocycles. The summed E-state index contributed by atoms with van der Waals surface area (Å²) in [5.74, 6) is -1.27. The molecule has 8 heteroatoms. The minimum Gasteiger partial charge on any atom is -0.480 e. The molecular weight excluding hydrogens is 282 g/mol. The van der Waals surface area contributed by atoms with Crippen molar-refractivity contribution in [1.29, 1.82) is 0 Å². The van der Waals surface area contributed by atoms with E-state index < -0.39 is 24.0 Å². The van der Waals surface area contributed by atoms with E-state index in [1.807, 2.05) is 0 Å². The number of nitrogens with zero attached hydrogens (tertiary/aromatic N) is 1. The summed E-state index contributed by atoms with van der Waals surface area (Å²) in [6.45, 7) is 0.700. The molecule has 2 atom stereocenters. The van der Waals surface area contributed by atoms with Crippen LogP contribution in [0.3, 0.4) is 0 Å². The van der Waals surface area contributed by atoms with E-state index in [1.54, 1.807) is 7.05 Å². The Bertz CT molecular complexity index is 378. The first kappa shape index (κ1) is 16.8. The minimum atomic E-state index is -1.08. The smallest absolute Gasteiger partial charge is 0.326 e. The molecule has 1 heterocycles. The molecule has 2 amide bonds. The van der Waals surface area contributed by atoms with Crippen LogP contribution in [0.4, 0.5) is 0 Å². The standard InChI is InChI=1S/C12H21N3O4S/c1-13-7-10(16)15-5-2-3-9(15)11(17)14-8(4-6-20)12(18)19/h8-9,13,20H,2-7H2,1H3,(H,14,17)(H,18,19)/t8-,9-/m0/s1. The Morgan fingerprint density at radius 3 is 2.70 bits per heavy atom. The maximum Gasteiger partial charge on any atom is 0.326 e. The van der Waals surface area contributed by atoms with Gasteiger partial charge in [0, 0.05) is 6.54 Å². The van der Waals surface area contributed by atoms with Crippen LogP contribution in [0.1, 0.15) is 19.3 Å². The summed E-state index contributed by atoms with van der Waals surface area (Å²) in [6, 6.07) is -1.53. The largest absolute Gasteiger partial charge is 0.480 e. The number of nitrogens with one attached hydrogen (secondary N) is 2. The molecule has 20 heavy (non-hydrogen) atoms. The number of amides is 2. The number of carbonyl (C=O) groups is 3. The van der Waals surface area contributed by atoms with Gasteiger partial charge in [0.1, 0.15) is 12.1 Å². The van der Waals surface area contributed by atoms with Gasteiger partial charge >= 0.3 is 5.97 Å². The monoisotopic (exact) mass is 303 g/mol. The van der Waals surface area contributed by atoms with Crippen LogP contribution in [0.2, 0.25) is 0 Å². The van der Waals surface area contributed by atoms with E-state index in [2.05, 4.69) is 23.3 Å². The van der Waals surface area contributed by atoms with Gasteiger partial charge in [-0.05, 0) is 32.1 Å². The highest BCUT2D eigenvalue weighted by Gasteiger charge is 2.35. The Hall–Kier alpha value is -1.28. The molecule has 114 valence electrons. The molecule has 0 spiro atoms. The van der Waals surface area contributed by atoms with Gasteiger partial charge in [0.25, 0.3) is 0 Å². The summed E-state index contributed by atoms with van der Waals surface area (Å²) < 4.78 is 0. The fourth-order valence-electron chi connectivity index (χ4n) is 2.24. The second kappa shape index (κ2) is 8.11. The first-order valence-corrected chi connectivity index (χ1v) is 7.22. The lowest BCUT2D eigenvalue weighted by atomic mass is 10.1. The number of hydrogen-bond donors (Lipinski definition) is 4. The van der Waals surface area contributed by atoms with Gasteiger partial charge in [-0.2, -0.15) is 12.6 Å². The number of rotatable bonds is 7. The van der Waals surface area contributed by atoms with E-state index in [9.17, 15) is 14.4 Å². The molecule has 0 unspecified atom stereocenters. The fourth-order valence-corrected chi connectivity index (χ4v) is 2.50. The molecule has 0 aromatic carbocycles. The van der Waals surface area contributed by atoms with Crippen LogP contribution >= 0.6 is 12.6 Å². The molecule has 7 nitrogen and oxygen atoms in total.